The van der Waals surface area contributed by atoms with Gasteiger partial charge in [0.25, 0.3) is 0 Å². The highest BCUT2D eigenvalue weighted by Gasteiger charge is 2.20. The fourth-order valence-corrected chi connectivity index (χ4v) is 3.33. The summed E-state index contributed by atoms with van der Waals surface area (Å²) in [7, 11) is -0.0679. The summed E-state index contributed by atoms with van der Waals surface area (Å²) in [6.07, 6.45) is 0. The molecular formula is C14H23NO4S. The summed E-state index contributed by atoms with van der Waals surface area (Å²) in [5.74, 6) is 0.812. The van der Waals surface area contributed by atoms with E-state index < -0.39 is 9.84 Å². The van der Waals surface area contributed by atoms with Crippen LogP contribution in [-0.4, -0.2) is 47.3 Å². The normalized spacial score (nSPS) is 13.2. The molecule has 0 bridgehead atoms. The largest absolute Gasteiger partial charge is 0.497 e. The zero-order valence-corrected chi connectivity index (χ0v) is 13.1. The molecule has 114 valence electrons. The molecule has 0 spiro atoms. The molecule has 1 atom stereocenters. The van der Waals surface area contributed by atoms with E-state index in [-0.39, 0.29) is 24.2 Å². The maximum absolute atomic E-state index is 12.1. The fourth-order valence-electron chi connectivity index (χ4n) is 1.93. The Labute approximate surface area is 121 Å². The lowest BCUT2D eigenvalue weighted by atomic mass is 10.1. The van der Waals surface area contributed by atoms with Gasteiger partial charge in [-0.15, -0.1) is 0 Å². The SMILES string of the molecule is CCNC(CS(=O)(=O)CCOC)c1cccc(OC)c1. The Bertz CT molecular complexity index is 502. The van der Waals surface area contributed by atoms with E-state index in [4.69, 9.17) is 9.47 Å². The number of rotatable bonds is 9. The highest BCUT2D eigenvalue weighted by Crippen LogP contribution is 2.20. The van der Waals surface area contributed by atoms with Crippen molar-refractivity contribution >= 4 is 9.84 Å². The van der Waals surface area contributed by atoms with Gasteiger partial charge in [-0.1, -0.05) is 19.1 Å². The highest BCUT2D eigenvalue weighted by atomic mass is 32.2. The first-order valence-electron chi connectivity index (χ1n) is 6.59. The first kappa shape index (κ1) is 16.9. The van der Waals surface area contributed by atoms with Gasteiger partial charge in [-0.05, 0) is 24.2 Å². The standard InChI is InChI=1S/C14H23NO4S/c1-4-15-14(11-20(16,17)9-8-18-2)12-6-5-7-13(10-12)19-3/h5-7,10,14-15H,4,8-9,11H2,1-3H3. The molecule has 1 unspecified atom stereocenters. The summed E-state index contributed by atoms with van der Waals surface area (Å²) in [6, 6.07) is 7.23. The van der Waals surface area contributed by atoms with Gasteiger partial charge < -0.3 is 14.8 Å². The summed E-state index contributed by atoms with van der Waals surface area (Å²) >= 11 is 0. The number of nitrogens with one attached hydrogen (secondary N) is 1. The second kappa shape index (κ2) is 8.24. The molecule has 5 nitrogen and oxygen atoms in total. The van der Waals surface area contributed by atoms with Crippen LogP contribution in [0.1, 0.15) is 18.5 Å². The van der Waals surface area contributed by atoms with Crippen molar-refractivity contribution in [3.8, 4) is 5.75 Å². The van der Waals surface area contributed by atoms with Crippen LogP contribution in [0.4, 0.5) is 0 Å². The lowest BCUT2D eigenvalue weighted by Gasteiger charge is -2.19. The van der Waals surface area contributed by atoms with Crippen LogP contribution >= 0.6 is 0 Å². The molecule has 0 fully saturated rings. The monoisotopic (exact) mass is 301 g/mol. The van der Waals surface area contributed by atoms with Crippen molar-refractivity contribution in [3.63, 3.8) is 0 Å². The van der Waals surface area contributed by atoms with Crippen LogP contribution in [-0.2, 0) is 14.6 Å². The third kappa shape index (κ3) is 5.48. The molecule has 0 saturated heterocycles. The van der Waals surface area contributed by atoms with Gasteiger partial charge >= 0.3 is 0 Å². The van der Waals surface area contributed by atoms with Gasteiger partial charge in [0, 0.05) is 13.2 Å². The van der Waals surface area contributed by atoms with E-state index in [0.717, 1.165) is 11.3 Å². The molecule has 0 aliphatic rings. The molecule has 1 N–H and O–H groups in total. The first-order chi connectivity index (χ1) is 9.52. The van der Waals surface area contributed by atoms with Gasteiger partial charge in [-0.3, -0.25) is 0 Å². The summed E-state index contributed by atoms with van der Waals surface area (Å²) in [5, 5.41) is 3.21. The van der Waals surface area contributed by atoms with Gasteiger partial charge in [0.05, 0.1) is 25.2 Å². The van der Waals surface area contributed by atoms with Gasteiger partial charge in [-0.25, -0.2) is 8.42 Å². The molecule has 0 saturated carbocycles. The second-order valence-electron chi connectivity index (χ2n) is 4.49. The van der Waals surface area contributed by atoms with Crippen LogP contribution in [0.25, 0.3) is 0 Å². The molecule has 0 aliphatic heterocycles. The lowest BCUT2D eigenvalue weighted by Crippen LogP contribution is -2.30. The molecule has 0 aromatic heterocycles. The second-order valence-corrected chi connectivity index (χ2v) is 6.72. The third-order valence-electron chi connectivity index (χ3n) is 2.97. The summed E-state index contributed by atoms with van der Waals surface area (Å²) in [4.78, 5) is 0. The van der Waals surface area contributed by atoms with Crippen LogP contribution in [0.5, 0.6) is 5.75 Å². The Kier molecular flexibility index (Phi) is 6.98. The Balaban J connectivity index is 2.87. The average molecular weight is 301 g/mol. The minimum absolute atomic E-state index is 0.0371. The maximum Gasteiger partial charge on any atom is 0.154 e. The highest BCUT2D eigenvalue weighted by molar-refractivity contribution is 7.91. The Morgan fingerprint density at radius 1 is 1.30 bits per heavy atom. The van der Waals surface area contributed by atoms with Crippen LogP contribution < -0.4 is 10.1 Å². The fraction of sp³-hybridized carbons (Fsp3) is 0.571. The van der Waals surface area contributed by atoms with Crippen molar-refractivity contribution in [2.75, 3.05) is 38.9 Å². The predicted octanol–water partition coefficient (Wildman–Crippen LogP) is 1.41. The van der Waals surface area contributed by atoms with Crippen molar-refractivity contribution in [2.45, 2.75) is 13.0 Å². The molecule has 0 amide bonds. The maximum atomic E-state index is 12.1. The summed E-state index contributed by atoms with van der Waals surface area (Å²) in [6.45, 7) is 2.87. The smallest absolute Gasteiger partial charge is 0.154 e. The Hall–Kier alpha value is -1.11. The summed E-state index contributed by atoms with van der Waals surface area (Å²) in [5.41, 5.74) is 0.909. The van der Waals surface area contributed by atoms with E-state index >= 15 is 0 Å². The number of methoxy groups -OCH3 is 2. The van der Waals surface area contributed by atoms with E-state index in [2.05, 4.69) is 5.32 Å². The Morgan fingerprint density at radius 3 is 2.65 bits per heavy atom. The number of sulfone groups is 1. The molecule has 1 aromatic carbocycles. The molecule has 0 aliphatic carbocycles. The van der Waals surface area contributed by atoms with E-state index in [1.165, 1.54) is 7.11 Å². The van der Waals surface area contributed by atoms with Crippen LogP contribution in [0.2, 0.25) is 0 Å². The van der Waals surface area contributed by atoms with Crippen molar-refractivity contribution in [1.29, 1.82) is 0 Å². The zero-order valence-electron chi connectivity index (χ0n) is 12.3. The lowest BCUT2D eigenvalue weighted by molar-refractivity contribution is 0.217. The zero-order chi connectivity index (χ0) is 15.0. The molecule has 20 heavy (non-hydrogen) atoms. The number of hydrogen-bond donors (Lipinski definition) is 1. The average Bonchev–Trinajstić information content (AvgIpc) is 2.44. The minimum Gasteiger partial charge on any atom is -0.497 e. The molecule has 1 aromatic rings. The number of hydrogen-bond acceptors (Lipinski definition) is 5. The minimum atomic E-state index is -3.16. The quantitative estimate of drug-likeness (QED) is 0.747. The first-order valence-corrected chi connectivity index (χ1v) is 8.41. The van der Waals surface area contributed by atoms with Gasteiger partial charge in [0.15, 0.2) is 9.84 Å². The van der Waals surface area contributed by atoms with Crippen LogP contribution in [0.15, 0.2) is 24.3 Å². The molecular weight excluding hydrogens is 278 g/mol. The van der Waals surface area contributed by atoms with Crippen molar-refractivity contribution in [1.82, 2.24) is 5.32 Å². The molecule has 1 rings (SSSR count). The van der Waals surface area contributed by atoms with Gasteiger partial charge in [0.1, 0.15) is 5.75 Å². The molecule has 6 heteroatoms. The molecule has 0 radical (unpaired) electrons. The van der Waals surface area contributed by atoms with Crippen molar-refractivity contribution in [3.05, 3.63) is 29.8 Å². The van der Waals surface area contributed by atoms with Crippen LogP contribution in [0, 0.1) is 0 Å². The van der Waals surface area contributed by atoms with E-state index in [0.29, 0.717) is 6.54 Å². The number of benzene rings is 1. The third-order valence-corrected chi connectivity index (χ3v) is 4.60. The molecule has 0 heterocycles. The van der Waals surface area contributed by atoms with Gasteiger partial charge in [0.2, 0.25) is 0 Å². The number of ether oxygens (including phenoxy) is 2. The van der Waals surface area contributed by atoms with Gasteiger partial charge in [-0.2, -0.15) is 0 Å². The van der Waals surface area contributed by atoms with Crippen molar-refractivity contribution < 1.29 is 17.9 Å². The summed E-state index contributed by atoms with van der Waals surface area (Å²) < 4.78 is 34.1. The Morgan fingerprint density at radius 2 is 2.05 bits per heavy atom. The predicted molar refractivity (Wildman–Crippen MR) is 79.9 cm³/mol. The van der Waals surface area contributed by atoms with E-state index in [9.17, 15) is 8.42 Å². The van der Waals surface area contributed by atoms with E-state index in [1.807, 2.05) is 31.2 Å². The van der Waals surface area contributed by atoms with Crippen molar-refractivity contribution in [2.24, 2.45) is 0 Å². The van der Waals surface area contributed by atoms with Crippen LogP contribution in [0.3, 0.4) is 0 Å². The van der Waals surface area contributed by atoms with E-state index in [1.54, 1.807) is 7.11 Å². The topological polar surface area (TPSA) is 64.6 Å².